The molecule has 20 heavy (non-hydrogen) atoms. The van der Waals surface area contributed by atoms with Crippen molar-refractivity contribution in [2.24, 2.45) is 0 Å². The first-order valence-electron chi connectivity index (χ1n) is 6.40. The molecular weight excluding hydrogens is 255 g/mol. The van der Waals surface area contributed by atoms with Crippen molar-refractivity contribution in [2.45, 2.75) is 13.8 Å². The first kappa shape index (κ1) is 13.9. The Bertz CT molecular complexity index is 647. The highest BCUT2D eigenvalue weighted by atomic mass is 19.1. The molecule has 2 heterocycles. The van der Waals surface area contributed by atoms with E-state index in [0.29, 0.717) is 0 Å². The van der Waals surface area contributed by atoms with Crippen molar-refractivity contribution in [1.29, 1.82) is 0 Å². The number of hydrogen-bond acceptors (Lipinski definition) is 3. The quantitative estimate of drug-likeness (QED) is 0.772. The van der Waals surface area contributed by atoms with Crippen LogP contribution in [-0.2, 0) is 0 Å². The van der Waals surface area contributed by atoms with E-state index in [4.69, 9.17) is 0 Å². The van der Waals surface area contributed by atoms with Crippen LogP contribution in [-0.4, -0.2) is 20.2 Å². The van der Waals surface area contributed by atoms with Gasteiger partial charge < -0.3 is 0 Å². The van der Waals surface area contributed by atoms with Crippen LogP contribution in [0.5, 0.6) is 0 Å². The number of nitrogens with zero attached hydrogens (tertiary/aromatic N) is 3. The second-order valence-corrected chi connectivity index (χ2v) is 3.76. The Kier molecular flexibility index (Phi) is 4.55. The predicted octanol–water partition coefficient (Wildman–Crippen LogP) is 3.70. The molecule has 1 N–H and O–H groups in total. The number of hydrogen-bond donors (Lipinski definition) is 1. The summed E-state index contributed by atoms with van der Waals surface area (Å²) in [5.41, 5.74) is 3.32. The van der Waals surface area contributed by atoms with Crippen LogP contribution in [0, 0.1) is 5.82 Å². The fourth-order valence-corrected chi connectivity index (χ4v) is 1.77. The van der Waals surface area contributed by atoms with Crippen molar-refractivity contribution < 1.29 is 4.39 Å². The molecule has 0 bridgehead atoms. The molecule has 0 spiro atoms. The molecular formula is C15H15FN4. The lowest BCUT2D eigenvalue weighted by Gasteiger charge is -2.02. The van der Waals surface area contributed by atoms with Gasteiger partial charge >= 0.3 is 0 Å². The van der Waals surface area contributed by atoms with Crippen LogP contribution in [0.2, 0.25) is 0 Å². The maximum absolute atomic E-state index is 12.9. The molecule has 0 aliphatic heterocycles. The lowest BCUT2D eigenvalue weighted by Crippen LogP contribution is -1.86. The van der Waals surface area contributed by atoms with Gasteiger partial charge in [0.1, 0.15) is 12.1 Å². The average Bonchev–Trinajstić information content (AvgIpc) is 3.00. The molecule has 2 aromatic heterocycles. The summed E-state index contributed by atoms with van der Waals surface area (Å²) in [7, 11) is 0. The predicted molar refractivity (Wildman–Crippen MR) is 76.4 cm³/mol. The van der Waals surface area contributed by atoms with E-state index in [1.165, 1.54) is 18.5 Å². The number of benzene rings is 1. The molecule has 0 amide bonds. The van der Waals surface area contributed by atoms with Crippen molar-refractivity contribution in [2.75, 3.05) is 0 Å². The molecule has 0 unspecified atom stereocenters. The molecule has 0 aliphatic rings. The topological polar surface area (TPSA) is 54.5 Å². The van der Waals surface area contributed by atoms with Gasteiger partial charge in [0.05, 0.1) is 17.6 Å². The molecule has 3 aromatic rings. The highest BCUT2D eigenvalue weighted by Crippen LogP contribution is 2.28. The van der Waals surface area contributed by atoms with Gasteiger partial charge in [-0.15, -0.1) is 0 Å². The zero-order valence-corrected chi connectivity index (χ0v) is 11.3. The van der Waals surface area contributed by atoms with Crippen molar-refractivity contribution in [3.05, 3.63) is 54.9 Å². The lowest BCUT2D eigenvalue weighted by atomic mass is 10.1. The molecule has 0 aliphatic carbocycles. The summed E-state index contributed by atoms with van der Waals surface area (Å²) < 4.78 is 12.9. The number of H-pyrrole nitrogens is 1. The summed E-state index contributed by atoms with van der Waals surface area (Å²) in [5, 5.41) is 6.93. The second kappa shape index (κ2) is 6.56. The Morgan fingerprint density at radius 1 is 1.05 bits per heavy atom. The number of halogens is 1. The van der Waals surface area contributed by atoms with Crippen LogP contribution in [0.15, 0.2) is 49.1 Å². The van der Waals surface area contributed by atoms with Crippen LogP contribution in [0.1, 0.15) is 13.8 Å². The van der Waals surface area contributed by atoms with E-state index in [1.54, 1.807) is 30.6 Å². The summed E-state index contributed by atoms with van der Waals surface area (Å²) in [4.78, 5) is 8.06. The van der Waals surface area contributed by atoms with Gasteiger partial charge in [0.2, 0.25) is 0 Å². The first-order valence-corrected chi connectivity index (χ1v) is 6.40. The van der Waals surface area contributed by atoms with Gasteiger partial charge in [-0.2, -0.15) is 5.10 Å². The first-order chi connectivity index (χ1) is 9.84. The summed E-state index contributed by atoms with van der Waals surface area (Å²) in [6.45, 7) is 4.00. The lowest BCUT2D eigenvalue weighted by molar-refractivity contribution is 0.628. The zero-order valence-electron chi connectivity index (χ0n) is 11.3. The molecule has 0 atom stereocenters. The van der Waals surface area contributed by atoms with Gasteiger partial charge in [0.25, 0.3) is 0 Å². The van der Waals surface area contributed by atoms with E-state index >= 15 is 0 Å². The third-order valence-corrected chi connectivity index (χ3v) is 2.63. The molecule has 0 fully saturated rings. The molecule has 3 rings (SSSR count). The van der Waals surface area contributed by atoms with Gasteiger partial charge in [-0.3, -0.25) is 5.10 Å². The Labute approximate surface area is 116 Å². The maximum Gasteiger partial charge on any atom is 0.123 e. The minimum atomic E-state index is -0.262. The number of aromatic amines is 1. The minimum Gasteiger partial charge on any atom is -0.277 e. The minimum absolute atomic E-state index is 0.262. The Morgan fingerprint density at radius 3 is 2.45 bits per heavy atom. The second-order valence-electron chi connectivity index (χ2n) is 3.76. The Hall–Kier alpha value is -2.56. The molecule has 5 heteroatoms. The summed E-state index contributed by atoms with van der Waals surface area (Å²) in [6.07, 6.45) is 4.85. The van der Waals surface area contributed by atoms with E-state index in [0.717, 1.165) is 22.5 Å². The van der Waals surface area contributed by atoms with Crippen LogP contribution < -0.4 is 0 Å². The van der Waals surface area contributed by atoms with E-state index in [1.807, 2.05) is 13.8 Å². The number of nitrogens with one attached hydrogen (secondary N) is 1. The molecule has 0 saturated heterocycles. The van der Waals surface area contributed by atoms with Crippen LogP contribution in [0.25, 0.3) is 22.5 Å². The van der Waals surface area contributed by atoms with Crippen LogP contribution in [0.4, 0.5) is 4.39 Å². The fraction of sp³-hybridized carbons (Fsp3) is 0.133. The molecule has 1 aromatic carbocycles. The third kappa shape index (κ3) is 2.88. The van der Waals surface area contributed by atoms with E-state index in [9.17, 15) is 4.39 Å². The highest BCUT2D eigenvalue weighted by molar-refractivity contribution is 5.78. The normalized spacial score (nSPS) is 9.75. The molecule has 4 nitrogen and oxygen atoms in total. The van der Waals surface area contributed by atoms with Gasteiger partial charge in [-0.1, -0.05) is 13.8 Å². The van der Waals surface area contributed by atoms with Gasteiger partial charge in [-0.05, 0) is 30.3 Å². The van der Waals surface area contributed by atoms with Gasteiger partial charge in [0.15, 0.2) is 0 Å². The third-order valence-electron chi connectivity index (χ3n) is 2.63. The largest absolute Gasteiger partial charge is 0.277 e. The monoisotopic (exact) mass is 270 g/mol. The molecule has 102 valence electrons. The van der Waals surface area contributed by atoms with Gasteiger partial charge in [0, 0.05) is 17.3 Å². The molecule has 0 saturated carbocycles. The number of rotatable bonds is 2. The van der Waals surface area contributed by atoms with Crippen molar-refractivity contribution in [3.63, 3.8) is 0 Å². The van der Waals surface area contributed by atoms with Crippen molar-refractivity contribution in [3.8, 4) is 22.5 Å². The zero-order chi connectivity index (χ0) is 14.4. The average molecular weight is 270 g/mol. The smallest absolute Gasteiger partial charge is 0.123 e. The molecule has 0 radical (unpaired) electrons. The fourth-order valence-electron chi connectivity index (χ4n) is 1.77. The highest BCUT2D eigenvalue weighted by Gasteiger charge is 2.10. The summed E-state index contributed by atoms with van der Waals surface area (Å²) >= 11 is 0. The van der Waals surface area contributed by atoms with Crippen LogP contribution >= 0.6 is 0 Å². The van der Waals surface area contributed by atoms with Crippen molar-refractivity contribution in [1.82, 2.24) is 20.2 Å². The SMILES string of the molecule is CC.Fc1ccc(-c2[nH]ncc2-c2ccncn2)cc1. The van der Waals surface area contributed by atoms with Gasteiger partial charge in [-0.25, -0.2) is 14.4 Å². The van der Waals surface area contributed by atoms with E-state index in [2.05, 4.69) is 20.2 Å². The maximum atomic E-state index is 12.9. The standard InChI is InChI=1S/C13H9FN4.C2H6/c14-10-3-1-9(2-4-10)13-11(7-17-18-13)12-5-6-15-8-16-12;1-2/h1-8H,(H,17,18);1-2H3. The summed E-state index contributed by atoms with van der Waals surface area (Å²) in [5.74, 6) is -0.262. The number of aromatic nitrogens is 4. The Morgan fingerprint density at radius 2 is 1.80 bits per heavy atom. The van der Waals surface area contributed by atoms with Crippen LogP contribution in [0.3, 0.4) is 0 Å². The summed E-state index contributed by atoms with van der Waals surface area (Å²) in [6, 6.07) is 8.04. The van der Waals surface area contributed by atoms with Crippen molar-refractivity contribution >= 4 is 0 Å². The van der Waals surface area contributed by atoms with E-state index < -0.39 is 0 Å². The van der Waals surface area contributed by atoms with E-state index in [-0.39, 0.29) is 5.82 Å². The Balaban J connectivity index is 0.000000704.